The summed E-state index contributed by atoms with van der Waals surface area (Å²) in [7, 11) is 1.72. The van der Waals surface area contributed by atoms with Gasteiger partial charge in [-0.2, -0.15) is 0 Å². The minimum absolute atomic E-state index is 0.0711. The predicted molar refractivity (Wildman–Crippen MR) is 91.8 cm³/mol. The number of nitrogens with zero attached hydrogens (tertiary/aromatic N) is 3. The Balaban J connectivity index is 2.69. The molecule has 1 aromatic carbocycles. The highest BCUT2D eigenvalue weighted by Gasteiger charge is 2.18. The minimum Gasteiger partial charge on any atom is -0.357 e. The maximum Gasteiger partial charge on any atom is 0.243 e. The zero-order chi connectivity index (χ0) is 18.7. The number of rotatable bonds is 12. The average Bonchev–Trinajstić information content (AvgIpc) is 2.63. The fourth-order valence-corrected chi connectivity index (χ4v) is 2.19. The Kier molecular flexibility index (Phi) is 9.16. The molecule has 0 heterocycles. The smallest absolute Gasteiger partial charge is 0.243 e. The Morgan fingerprint density at radius 3 is 2.44 bits per heavy atom. The summed E-state index contributed by atoms with van der Waals surface area (Å²) in [5.41, 5.74) is 0.903. The normalized spacial score (nSPS) is 10.4. The average molecular weight is 352 g/mol. The van der Waals surface area contributed by atoms with Gasteiger partial charge in [0.1, 0.15) is 12.4 Å². The van der Waals surface area contributed by atoms with Gasteiger partial charge < -0.3 is 10.2 Å². The fraction of sp³-hybridized carbons (Fsp3) is 0.471. The van der Waals surface area contributed by atoms with Crippen LogP contribution in [0.5, 0.6) is 0 Å². The van der Waals surface area contributed by atoms with Crippen molar-refractivity contribution in [2.24, 2.45) is 0 Å². The molecule has 7 nitrogen and oxygen atoms in total. The molecule has 1 aromatic rings. The molecule has 138 valence electrons. The number of amides is 3. The van der Waals surface area contributed by atoms with Crippen molar-refractivity contribution >= 4 is 18.7 Å². The molecule has 0 aliphatic carbocycles. The molecule has 0 unspecified atom stereocenters. The van der Waals surface area contributed by atoms with E-state index in [0.717, 1.165) is 5.56 Å². The monoisotopic (exact) mass is 352 g/mol. The highest BCUT2D eigenvalue weighted by molar-refractivity contribution is 5.80. The van der Waals surface area contributed by atoms with Crippen LogP contribution in [-0.4, -0.2) is 73.4 Å². The van der Waals surface area contributed by atoms with E-state index < -0.39 is 0 Å². The van der Waals surface area contributed by atoms with Gasteiger partial charge in [-0.1, -0.05) is 19.1 Å². The standard InChI is InChI=1S/C17H25FN4O3/c1-3-20(2)22(14-24)12-17(25)21(11-9-19-13-23)10-8-15-4-6-16(18)7-5-15/h4-7,13-14H,3,8-12H2,1-2H3,(H,19,23). The minimum atomic E-state index is -0.309. The second kappa shape index (κ2) is 11.1. The van der Waals surface area contributed by atoms with Crippen molar-refractivity contribution < 1.29 is 18.8 Å². The van der Waals surface area contributed by atoms with Crippen molar-refractivity contribution in [3.63, 3.8) is 0 Å². The lowest BCUT2D eigenvalue weighted by atomic mass is 10.1. The van der Waals surface area contributed by atoms with Crippen molar-refractivity contribution in [2.45, 2.75) is 13.3 Å². The number of carbonyl (C=O) groups is 3. The lowest BCUT2D eigenvalue weighted by Gasteiger charge is -2.30. The topological polar surface area (TPSA) is 73.0 Å². The third-order valence-corrected chi connectivity index (χ3v) is 3.86. The maximum atomic E-state index is 13.0. The zero-order valence-corrected chi connectivity index (χ0v) is 14.7. The van der Waals surface area contributed by atoms with E-state index in [-0.39, 0.29) is 18.3 Å². The van der Waals surface area contributed by atoms with Gasteiger partial charge in [-0.25, -0.2) is 9.40 Å². The van der Waals surface area contributed by atoms with Gasteiger partial charge in [0.15, 0.2) is 0 Å². The van der Waals surface area contributed by atoms with Gasteiger partial charge in [-0.15, -0.1) is 0 Å². The summed E-state index contributed by atoms with van der Waals surface area (Å²) in [6.45, 7) is 3.46. The van der Waals surface area contributed by atoms with E-state index in [4.69, 9.17) is 0 Å². The summed E-state index contributed by atoms with van der Waals surface area (Å²) in [6, 6.07) is 6.09. The molecule has 0 aliphatic heterocycles. The van der Waals surface area contributed by atoms with Crippen LogP contribution in [0.25, 0.3) is 0 Å². The molecule has 0 saturated carbocycles. The van der Waals surface area contributed by atoms with Crippen LogP contribution in [0.2, 0.25) is 0 Å². The molecule has 25 heavy (non-hydrogen) atoms. The van der Waals surface area contributed by atoms with Crippen LogP contribution in [0.3, 0.4) is 0 Å². The zero-order valence-electron chi connectivity index (χ0n) is 14.7. The largest absolute Gasteiger partial charge is 0.357 e. The SMILES string of the molecule is CCN(C)N(C=O)CC(=O)N(CCNC=O)CCc1ccc(F)cc1. The molecule has 0 radical (unpaired) electrons. The number of hydrogen-bond donors (Lipinski definition) is 1. The summed E-state index contributed by atoms with van der Waals surface area (Å²) < 4.78 is 13.0. The van der Waals surface area contributed by atoms with E-state index in [9.17, 15) is 18.8 Å². The Morgan fingerprint density at radius 1 is 1.20 bits per heavy atom. The van der Waals surface area contributed by atoms with Crippen LogP contribution in [0.4, 0.5) is 4.39 Å². The van der Waals surface area contributed by atoms with Crippen molar-refractivity contribution in [3.05, 3.63) is 35.6 Å². The quantitative estimate of drug-likeness (QED) is 0.333. The van der Waals surface area contributed by atoms with Crippen molar-refractivity contribution in [3.8, 4) is 0 Å². The van der Waals surface area contributed by atoms with E-state index in [1.807, 2.05) is 6.92 Å². The van der Waals surface area contributed by atoms with E-state index in [0.29, 0.717) is 45.4 Å². The Hall–Kier alpha value is -2.48. The lowest BCUT2D eigenvalue weighted by Crippen LogP contribution is -2.48. The summed E-state index contributed by atoms with van der Waals surface area (Å²) in [5.74, 6) is -0.529. The second-order valence-electron chi connectivity index (χ2n) is 5.51. The molecule has 0 aliphatic rings. The summed E-state index contributed by atoms with van der Waals surface area (Å²) in [6.07, 6.45) is 1.74. The van der Waals surface area contributed by atoms with Gasteiger partial charge >= 0.3 is 0 Å². The van der Waals surface area contributed by atoms with E-state index in [1.54, 1.807) is 29.1 Å². The van der Waals surface area contributed by atoms with Gasteiger partial charge in [0, 0.05) is 33.2 Å². The van der Waals surface area contributed by atoms with Gasteiger partial charge in [0.25, 0.3) is 0 Å². The van der Waals surface area contributed by atoms with Crippen LogP contribution < -0.4 is 5.32 Å². The molecule has 3 amide bonds. The summed E-state index contributed by atoms with van der Waals surface area (Å²) in [4.78, 5) is 35.7. The van der Waals surface area contributed by atoms with Gasteiger partial charge in [-0.05, 0) is 24.1 Å². The van der Waals surface area contributed by atoms with E-state index >= 15 is 0 Å². The third kappa shape index (κ3) is 7.30. The molecule has 0 fully saturated rings. The first-order valence-corrected chi connectivity index (χ1v) is 8.14. The van der Waals surface area contributed by atoms with Gasteiger partial charge in [-0.3, -0.25) is 19.4 Å². The number of carbonyl (C=O) groups excluding carboxylic acids is 3. The number of halogens is 1. The molecule has 0 spiro atoms. The first kappa shape index (κ1) is 20.6. The van der Waals surface area contributed by atoms with Crippen LogP contribution in [-0.2, 0) is 20.8 Å². The first-order valence-electron chi connectivity index (χ1n) is 8.14. The summed E-state index contributed by atoms with van der Waals surface area (Å²) >= 11 is 0. The first-order chi connectivity index (χ1) is 12.0. The molecule has 1 rings (SSSR count). The van der Waals surface area contributed by atoms with Crippen LogP contribution >= 0.6 is 0 Å². The molecule has 0 bridgehead atoms. The van der Waals surface area contributed by atoms with Gasteiger partial charge in [0.05, 0.1) is 0 Å². The molecule has 1 N–H and O–H groups in total. The third-order valence-electron chi connectivity index (χ3n) is 3.86. The second-order valence-corrected chi connectivity index (χ2v) is 5.51. The number of nitrogens with one attached hydrogen (secondary N) is 1. The lowest BCUT2D eigenvalue weighted by molar-refractivity contribution is -0.145. The highest BCUT2D eigenvalue weighted by atomic mass is 19.1. The molecule has 0 saturated heterocycles. The Morgan fingerprint density at radius 2 is 1.88 bits per heavy atom. The van der Waals surface area contributed by atoms with Crippen LogP contribution in [0.1, 0.15) is 12.5 Å². The Labute approximate surface area is 147 Å². The van der Waals surface area contributed by atoms with E-state index in [1.165, 1.54) is 17.1 Å². The maximum absolute atomic E-state index is 13.0. The van der Waals surface area contributed by atoms with Crippen LogP contribution in [0, 0.1) is 5.82 Å². The van der Waals surface area contributed by atoms with Crippen molar-refractivity contribution in [1.29, 1.82) is 0 Å². The molecule has 0 aromatic heterocycles. The predicted octanol–water partition coefficient (Wildman–Crippen LogP) is 0.268. The number of hydrogen-bond acceptors (Lipinski definition) is 4. The molecular formula is C17H25FN4O3. The van der Waals surface area contributed by atoms with E-state index in [2.05, 4.69) is 5.32 Å². The van der Waals surface area contributed by atoms with Crippen LogP contribution in [0.15, 0.2) is 24.3 Å². The number of hydrazine groups is 1. The van der Waals surface area contributed by atoms with Crippen molar-refractivity contribution in [1.82, 2.24) is 20.2 Å². The fourth-order valence-electron chi connectivity index (χ4n) is 2.19. The molecular weight excluding hydrogens is 327 g/mol. The van der Waals surface area contributed by atoms with Crippen molar-refractivity contribution in [2.75, 3.05) is 39.8 Å². The summed E-state index contributed by atoms with van der Waals surface area (Å²) in [5, 5.41) is 5.47. The molecule has 8 heteroatoms. The molecule has 0 atom stereocenters. The highest BCUT2D eigenvalue weighted by Crippen LogP contribution is 2.05. The number of benzene rings is 1. The Bertz CT molecular complexity index is 553. The van der Waals surface area contributed by atoms with Gasteiger partial charge in [0.2, 0.25) is 18.7 Å².